The molecule has 116 valence electrons. The molecule has 3 rings (SSSR count). The molecule has 2 aliphatic rings. The summed E-state index contributed by atoms with van der Waals surface area (Å²) in [6.45, 7) is 3.10. The number of hydrogen-bond donors (Lipinski definition) is 2. The number of nitrogens with one attached hydrogen (secondary N) is 1. The number of benzene rings is 1. The van der Waals surface area contributed by atoms with Crippen LogP contribution in [0.15, 0.2) is 24.3 Å². The van der Waals surface area contributed by atoms with Gasteiger partial charge in [0.1, 0.15) is 0 Å². The second kappa shape index (κ2) is 6.88. The van der Waals surface area contributed by atoms with Crippen molar-refractivity contribution in [2.75, 3.05) is 33.0 Å². The molecule has 2 unspecified atom stereocenters. The molecule has 1 aromatic rings. The van der Waals surface area contributed by atoms with Gasteiger partial charge in [-0.2, -0.15) is 0 Å². The zero-order valence-electron chi connectivity index (χ0n) is 12.5. The van der Waals surface area contributed by atoms with Gasteiger partial charge in [-0.25, -0.2) is 0 Å². The summed E-state index contributed by atoms with van der Waals surface area (Å²) in [5.74, 6) is 0. The van der Waals surface area contributed by atoms with E-state index in [-0.39, 0.29) is 18.2 Å². The lowest BCUT2D eigenvalue weighted by Gasteiger charge is -2.30. The molecule has 0 bridgehead atoms. The van der Waals surface area contributed by atoms with Gasteiger partial charge >= 0.3 is 0 Å². The molecular formula is C17H25NO3. The average molecular weight is 291 g/mol. The highest BCUT2D eigenvalue weighted by Crippen LogP contribution is 2.36. The van der Waals surface area contributed by atoms with Crippen molar-refractivity contribution in [3.05, 3.63) is 35.4 Å². The molecule has 0 aromatic heterocycles. The highest BCUT2D eigenvalue weighted by atomic mass is 16.5. The highest BCUT2D eigenvalue weighted by molar-refractivity contribution is 5.38. The van der Waals surface area contributed by atoms with Crippen molar-refractivity contribution < 1.29 is 14.6 Å². The normalized spacial score (nSPS) is 28.0. The van der Waals surface area contributed by atoms with Gasteiger partial charge in [0.05, 0.1) is 31.5 Å². The monoisotopic (exact) mass is 291 g/mol. The standard InChI is InChI=1S/C17H25NO3/c19-13-17(8-7-14-4-1-2-6-16(14)17)18-9-11-20-12-15-5-3-10-21-15/h1-2,4,6,15,18-19H,3,5,7-13H2. The van der Waals surface area contributed by atoms with E-state index < -0.39 is 0 Å². The Labute approximate surface area is 126 Å². The van der Waals surface area contributed by atoms with Crippen molar-refractivity contribution in [1.82, 2.24) is 5.32 Å². The minimum absolute atomic E-state index is 0.135. The second-order valence-corrected chi connectivity index (χ2v) is 6.03. The summed E-state index contributed by atoms with van der Waals surface area (Å²) in [5.41, 5.74) is 2.30. The van der Waals surface area contributed by atoms with E-state index in [1.165, 1.54) is 11.1 Å². The fourth-order valence-electron chi connectivity index (χ4n) is 3.44. The van der Waals surface area contributed by atoms with E-state index >= 15 is 0 Å². The summed E-state index contributed by atoms with van der Waals surface area (Å²) in [6, 6.07) is 8.39. The van der Waals surface area contributed by atoms with Crippen LogP contribution in [0.4, 0.5) is 0 Å². The Morgan fingerprint density at radius 2 is 2.29 bits per heavy atom. The first-order valence-corrected chi connectivity index (χ1v) is 7.98. The van der Waals surface area contributed by atoms with Crippen LogP contribution in [0, 0.1) is 0 Å². The van der Waals surface area contributed by atoms with Crippen LogP contribution in [0.3, 0.4) is 0 Å². The maximum absolute atomic E-state index is 9.87. The Morgan fingerprint density at radius 3 is 3.10 bits per heavy atom. The fraction of sp³-hybridized carbons (Fsp3) is 0.647. The smallest absolute Gasteiger partial charge is 0.0809 e. The summed E-state index contributed by atoms with van der Waals surface area (Å²) in [7, 11) is 0. The second-order valence-electron chi connectivity index (χ2n) is 6.03. The topological polar surface area (TPSA) is 50.7 Å². The molecule has 1 fully saturated rings. The molecular weight excluding hydrogens is 266 g/mol. The molecule has 0 amide bonds. The lowest BCUT2D eigenvalue weighted by molar-refractivity contribution is 0.0155. The Bertz CT molecular complexity index is 459. The van der Waals surface area contributed by atoms with Crippen molar-refractivity contribution in [2.24, 2.45) is 0 Å². The molecule has 0 saturated carbocycles. The number of aliphatic hydroxyl groups is 1. The maximum atomic E-state index is 9.87. The molecule has 1 heterocycles. The molecule has 4 nitrogen and oxygen atoms in total. The Balaban J connectivity index is 1.47. The largest absolute Gasteiger partial charge is 0.394 e. The number of aryl methyl sites for hydroxylation is 1. The predicted octanol–water partition coefficient (Wildman–Crippen LogP) is 1.61. The van der Waals surface area contributed by atoms with Gasteiger partial charge in [-0.1, -0.05) is 24.3 Å². The molecule has 21 heavy (non-hydrogen) atoms. The zero-order chi connectivity index (χ0) is 14.5. The number of aliphatic hydroxyl groups excluding tert-OH is 1. The summed E-state index contributed by atoms with van der Waals surface area (Å²) >= 11 is 0. The van der Waals surface area contributed by atoms with Crippen molar-refractivity contribution in [3.63, 3.8) is 0 Å². The molecule has 1 saturated heterocycles. The quantitative estimate of drug-likeness (QED) is 0.749. The Kier molecular flexibility index (Phi) is 4.91. The Hall–Kier alpha value is -0.940. The molecule has 0 spiro atoms. The van der Waals surface area contributed by atoms with Crippen LogP contribution in [0.5, 0.6) is 0 Å². The van der Waals surface area contributed by atoms with Crippen LogP contribution in [-0.4, -0.2) is 44.2 Å². The summed E-state index contributed by atoms with van der Waals surface area (Å²) in [5, 5.41) is 13.4. The third-order valence-corrected chi connectivity index (χ3v) is 4.66. The molecule has 4 heteroatoms. The molecule has 0 radical (unpaired) electrons. The van der Waals surface area contributed by atoms with Crippen LogP contribution in [0.1, 0.15) is 30.4 Å². The van der Waals surface area contributed by atoms with E-state index in [0.29, 0.717) is 13.2 Å². The molecule has 1 aromatic carbocycles. The first kappa shape index (κ1) is 15.0. The minimum atomic E-state index is -0.288. The molecule has 1 aliphatic carbocycles. The van der Waals surface area contributed by atoms with Gasteiger partial charge in [-0.05, 0) is 36.8 Å². The third-order valence-electron chi connectivity index (χ3n) is 4.66. The van der Waals surface area contributed by atoms with Crippen LogP contribution in [0.25, 0.3) is 0 Å². The number of hydrogen-bond acceptors (Lipinski definition) is 4. The van der Waals surface area contributed by atoms with Crippen molar-refractivity contribution >= 4 is 0 Å². The van der Waals surface area contributed by atoms with Gasteiger partial charge < -0.3 is 19.9 Å². The van der Waals surface area contributed by atoms with Crippen LogP contribution >= 0.6 is 0 Å². The van der Waals surface area contributed by atoms with Crippen LogP contribution < -0.4 is 5.32 Å². The van der Waals surface area contributed by atoms with Gasteiger partial charge in [0.25, 0.3) is 0 Å². The van der Waals surface area contributed by atoms with Gasteiger partial charge in [-0.15, -0.1) is 0 Å². The summed E-state index contributed by atoms with van der Waals surface area (Å²) in [4.78, 5) is 0. The highest BCUT2D eigenvalue weighted by Gasteiger charge is 2.37. The van der Waals surface area contributed by atoms with Gasteiger partial charge in [-0.3, -0.25) is 0 Å². The third kappa shape index (κ3) is 3.29. The number of ether oxygens (including phenoxy) is 2. The summed E-state index contributed by atoms with van der Waals surface area (Å²) < 4.78 is 11.2. The minimum Gasteiger partial charge on any atom is -0.394 e. The molecule has 2 atom stereocenters. The number of fused-ring (bicyclic) bond motifs is 1. The first-order chi connectivity index (χ1) is 10.3. The van der Waals surface area contributed by atoms with E-state index in [2.05, 4.69) is 23.5 Å². The Morgan fingerprint density at radius 1 is 1.38 bits per heavy atom. The van der Waals surface area contributed by atoms with E-state index in [0.717, 1.165) is 38.8 Å². The van der Waals surface area contributed by atoms with Crippen molar-refractivity contribution in [2.45, 2.75) is 37.3 Å². The number of rotatable bonds is 7. The zero-order valence-corrected chi connectivity index (χ0v) is 12.5. The molecule has 1 aliphatic heterocycles. The van der Waals surface area contributed by atoms with Crippen molar-refractivity contribution in [3.8, 4) is 0 Å². The SMILES string of the molecule is OCC1(NCCOCC2CCCO2)CCc2ccccc21. The maximum Gasteiger partial charge on any atom is 0.0809 e. The van der Waals surface area contributed by atoms with E-state index in [9.17, 15) is 5.11 Å². The fourth-order valence-corrected chi connectivity index (χ4v) is 3.44. The van der Waals surface area contributed by atoms with Gasteiger partial charge in [0.15, 0.2) is 0 Å². The average Bonchev–Trinajstić information content (AvgIpc) is 3.16. The lowest BCUT2D eigenvalue weighted by atomic mass is 9.93. The van der Waals surface area contributed by atoms with Gasteiger partial charge in [0, 0.05) is 13.2 Å². The predicted molar refractivity (Wildman–Crippen MR) is 81.3 cm³/mol. The van der Waals surface area contributed by atoms with E-state index in [1.807, 2.05) is 6.07 Å². The van der Waals surface area contributed by atoms with Crippen LogP contribution in [-0.2, 0) is 21.4 Å². The van der Waals surface area contributed by atoms with Crippen molar-refractivity contribution in [1.29, 1.82) is 0 Å². The van der Waals surface area contributed by atoms with Gasteiger partial charge in [0.2, 0.25) is 0 Å². The van der Waals surface area contributed by atoms with Crippen LogP contribution in [0.2, 0.25) is 0 Å². The lowest BCUT2D eigenvalue weighted by Crippen LogP contribution is -2.45. The summed E-state index contributed by atoms with van der Waals surface area (Å²) in [6.07, 6.45) is 4.52. The van der Waals surface area contributed by atoms with E-state index in [4.69, 9.17) is 9.47 Å². The van der Waals surface area contributed by atoms with E-state index in [1.54, 1.807) is 0 Å². The first-order valence-electron chi connectivity index (χ1n) is 7.98. The molecule has 2 N–H and O–H groups in total.